The zero-order valence-electron chi connectivity index (χ0n) is 8.66. The number of ether oxygens (including phenoxy) is 1. The first-order valence-electron chi connectivity index (χ1n) is 4.13. The number of nitrogens with zero attached hydrogens (tertiary/aromatic N) is 4. The summed E-state index contributed by atoms with van der Waals surface area (Å²) in [5, 5.41) is 11.4. The molecule has 1 aromatic heterocycles. The van der Waals surface area contributed by atoms with E-state index in [2.05, 4.69) is 15.4 Å². The van der Waals surface area contributed by atoms with Crippen molar-refractivity contribution in [2.75, 3.05) is 0 Å². The van der Waals surface area contributed by atoms with E-state index in [4.69, 9.17) is 4.74 Å². The van der Waals surface area contributed by atoms with Gasteiger partial charge in [-0.3, -0.25) is 0 Å². The molecule has 0 atom stereocenters. The van der Waals surface area contributed by atoms with Gasteiger partial charge < -0.3 is 4.74 Å². The third-order valence-corrected chi connectivity index (χ3v) is 1.57. The van der Waals surface area contributed by atoms with E-state index in [1.807, 2.05) is 30.3 Å². The van der Waals surface area contributed by atoms with E-state index in [1.165, 1.54) is 11.4 Å². The summed E-state index contributed by atoms with van der Waals surface area (Å²) in [5.41, 5.74) is 0. The first-order chi connectivity index (χ1) is 6.84. The Labute approximate surface area is 99.6 Å². The van der Waals surface area contributed by atoms with Gasteiger partial charge in [-0.2, -0.15) is 16.5 Å². The summed E-state index contributed by atoms with van der Waals surface area (Å²) in [6, 6.07) is 9.42. The van der Waals surface area contributed by atoms with E-state index in [0.717, 1.165) is 5.75 Å². The molecule has 0 aliphatic heterocycles. The molecule has 0 unspecified atom stereocenters. The maximum absolute atomic E-state index is 5.30. The van der Waals surface area contributed by atoms with Crippen LogP contribution in [-0.2, 0) is 7.05 Å². The summed E-state index contributed by atoms with van der Waals surface area (Å²) in [6.07, 6.45) is 0. The smallest absolute Gasteiger partial charge is 0.636 e. The molecule has 0 aliphatic carbocycles. The number of tetrazole rings is 1. The monoisotopic (exact) mass is 196 g/mol. The van der Waals surface area contributed by atoms with E-state index in [0.29, 0.717) is 5.82 Å². The summed E-state index contributed by atoms with van der Waals surface area (Å²) in [7, 11) is 1.70. The van der Waals surface area contributed by atoms with Crippen LogP contribution in [0.15, 0.2) is 30.3 Å². The van der Waals surface area contributed by atoms with Crippen molar-refractivity contribution in [3.05, 3.63) is 42.8 Å². The Hall–Kier alpha value is -1.44. The van der Waals surface area contributed by atoms with Crippen LogP contribution in [0.1, 0.15) is 5.82 Å². The van der Waals surface area contributed by atoms with Crippen LogP contribution in [0.2, 0.25) is 0 Å². The van der Waals surface area contributed by atoms with Gasteiger partial charge in [-0.25, -0.2) is 0 Å². The van der Waals surface area contributed by atoms with Gasteiger partial charge in [0.1, 0.15) is 0 Å². The second-order valence-electron chi connectivity index (χ2n) is 2.69. The Bertz CT molecular complexity index is 404. The van der Waals surface area contributed by atoms with Crippen molar-refractivity contribution in [3.8, 4) is 5.75 Å². The Balaban J connectivity index is 0.00000112. The molecule has 0 saturated carbocycles. The number of aryl methyl sites for hydroxylation is 1. The average Bonchev–Trinajstić information content (AvgIpc) is 2.63. The normalized spacial score (nSPS) is 9.13. The second kappa shape index (κ2) is 5.44. The Morgan fingerprint density at radius 2 is 2.00 bits per heavy atom. The molecule has 0 amide bonds. The van der Waals surface area contributed by atoms with Gasteiger partial charge in [0.25, 0.3) is 0 Å². The minimum atomic E-state index is 0. The molecule has 2 aromatic rings. The summed E-state index contributed by atoms with van der Waals surface area (Å²) >= 11 is 0. The zero-order valence-corrected chi connectivity index (χ0v) is 8.66. The maximum atomic E-state index is 5.30. The molecular weight excluding hydrogens is 187 g/mol. The SMILES string of the molecule is Cn1nnc([CH-]Oc2ccccc2)n1.[Li+]. The first kappa shape index (κ1) is 11.6. The Morgan fingerprint density at radius 3 is 2.60 bits per heavy atom. The Morgan fingerprint density at radius 1 is 1.27 bits per heavy atom. The predicted octanol–water partition coefficient (Wildman–Crippen LogP) is -2.20. The molecular formula is C9H9LiN4O. The van der Waals surface area contributed by atoms with Crippen LogP contribution in [0.25, 0.3) is 0 Å². The van der Waals surface area contributed by atoms with E-state index in [1.54, 1.807) is 7.05 Å². The fraction of sp³-hybridized carbons (Fsp3) is 0.111. The molecule has 1 aromatic carbocycles. The molecule has 0 N–H and O–H groups in total. The van der Waals surface area contributed by atoms with Crippen LogP contribution in [0, 0.1) is 6.61 Å². The van der Waals surface area contributed by atoms with Crippen molar-refractivity contribution in [1.82, 2.24) is 20.2 Å². The van der Waals surface area contributed by atoms with Crippen molar-refractivity contribution in [3.63, 3.8) is 0 Å². The quantitative estimate of drug-likeness (QED) is 0.413. The molecule has 1 heterocycles. The van der Waals surface area contributed by atoms with E-state index < -0.39 is 0 Å². The third kappa shape index (κ3) is 3.31. The molecule has 0 bridgehead atoms. The Kier molecular flexibility index (Phi) is 4.22. The van der Waals surface area contributed by atoms with E-state index >= 15 is 0 Å². The third-order valence-electron chi connectivity index (χ3n) is 1.57. The molecule has 0 fully saturated rings. The number of para-hydroxylation sites is 1. The van der Waals surface area contributed by atoms with Gasteiger partial charge in [-0.1, -0.05) is 23.4 Å². The molecule has 0 spiro atoms. The van der Waals surface area contributed by atoms with Crippen LogP contribution < -0.4 is 23.6 Å². The van der Waals surface area contributed by atoms with Crippen molar-refractivity contribution in [1.29, 1.82) is 0 Å². The van der Waals surface area contributed by atoms with Crippen LogP contribution >= 0.6 is 0 Å². The number of rotatable bonds is 3. The minimum Gasteiger partial charge on any atom is -0.636 e. The van der Waals surface area contributed by atoms with E-state index in [-0.39, 0.29) is 18.9 Å². The van der Waals surface area contributed by atoms with Crippen LogP contribution in [0.3, 0.4) is 0 Å². The zero-order chi connectivity index (χ0) is 9.80. The summed E-state index contributed by atoms with van der Waals surface area (Å²) in [5.74, 6) is 1.20. The van der Waals surface area contributed by atoms with Crippen LogP contribution in [0.5, 0.6) is 5.75 Å². The number of hydrogen-bond donors (Lipinski definition) is 0. The van der Waals surface area contributed by atoms with Crippen molar-refractivity contribution in [2.45, 2.75) is 0 Å². The van der Waals surface area contributed by atoms with Gasteiger partial charge in [-0.05, 0) is 12.1 Å². The fourth-order valence-corrected chi connectivity index (χ4v) is 0.966. The largest absolute Gasteiger partial charge is 1.00 e. The fourth-order valence-electron chi connectivity index (χ4n) is 0.966. The average molecular weight is 196 g/mol. The van der Waals surface area contributed by atoms with Crippen LogP contribution in [0.4, 0.5) is 0 Å². The van der Waals surface area contributed by atoms with Crippen molar-refractivity contribution >= 4 is 0 Å². The molecule has 2 rings (SSSR count). The number of benzene rings is 1. The molecule has 0 saturated heterocycles. The predicted molar refractivity (Wildman–Crippen MR) is 49.3 cm³/mol. The molecule has 72 valence electrons. The molecule has 0 radical (unpaired) electrons. The van der Waals surface area contributed by atoms with Gasteiger partial charge in [0.05, 0.1) is 18.6 Å². The minimum absolute atomic E-state index is 0. The summed E-state index contributed by atoms with van der Waals surface area (Å²) in [4.78, 5) is 1.38. The molecule has 5 nitrogen and oxygen atoms in total. The van der Waals surface area contributed by atoms with Gasteiger partial charge in [0, 0.05) is 0 Å². The second-order valence-corrected chi connectivity index (χ2v) is 2.69. The summed E-state index contributed by atoms with van der Waals surface area (Å²) < 4.78 is 5.30. The molecule has 0 aliphatic rings. The van der Waals surface area contributed by atoms with Gasteiger partial charge in [-0.15, -0.1) is 5.10 Å². The van der Waals surface area contributed by atoms with Crippen molar-refractivity contribution in [2.24, 2.45) is 7.05 Å². The molecule has 15 heavy (non-hydrogen) atoms. The number of aromatic nitrogens is 4. The van der Waals surface area contributed by atoms with E-state index in [9.17, 15) is 0 Å². The van der Waals surface area contributed by atoms with Crippen LogP contribution in [-0.4, -0.2) is 20.2 Å². The standard InChI is InChI=1S/C9H9N4O.Li/c1-13-11-9(10-12-13)7-14-8-5-3-2-4-6-8;/h2-7H,1H3;/q-1;+1. The van der Waals surface area contributed by atoms with Gasteiger partial charge in [0.15, 0.2) is 0 Å². The first-order valence-corrected chi connectivity index (χ1v) is 4.13. The number of hydrogen-bond acceptors (Lipinski definition) is 4. The van der Waals surface area contributed by atoms with Gasteiger partial charge >= 0.3 is 18.9 Å². The van der Waals surface area contributed by atoms with Crippen molar-refractivity contribution < 1.29 is 23.6 Å². The summed E-state index contributed by atoms with van der Waals surface area (Å²) in [6.45, 7) is 1.46. The van der Waals surface area contributed by atoms with Gasteiger partial charge in [0.2, 0.25) is 0 Å². The maximum Gasteiger partial charge on any atom is 1.00 e. The molecule has 6 heteroatoms. The topological polar surface area (TPSA) is 52.8 Å².